The molecule has 0 fully saturated rings. The topological polar surface area (TPSA) is 9.23 Å². The van der Waals surface area contributed by atoms with E-state index < -0.39 is 9.76 Å². The van der Waals surface area contributed by atoms with E-state index in [4.69, 9.17) is 27.6 Å². The summed E-state index contributed by atoms with van der Waals surface area (Å²) < 4.78 is 5.11. The van der Waals surface area contributed by atoms with Crippen LogP contribution in [0, 0.1) is 0 Å². The molecule has 0 saturated heterocycles. The summed E-state index contributed by atoms with van der Waals surface area (Å²) in [4.78, 5) is -0.215. The van der Waals surface area contributed by atoms with Crippen LogP contribution in [0.1, 0.15) is 6.92 Å². The predicted octanol–water partition coefficient (Wildman–Crippen LogP) is 1.33. The van der Waals surface area contributed by atoms with Crippen molar-refractivity contribution in [3.05, 3.63) is 0 Å². The predicted molar refractivity (Wildman–Crippen MR) is 40.5 cm³/mol. The Morgan fingerprint density at radius 1 is 1.62 bits per heavy atom. The number of rotatable bonds is 4. The Kier molecular flexibility index (Phi) is 6.44. The molecule has 0 atom stereocenters. The molecule has 0 bridgehead atoms. The molecule has 0 aliphatic heterocycles. The highest BCUT2D eigenvalue weighted by Crippen LogP contribution is 2.05. The zero-order valence-electron chi connectivity index (χ0n) is 4.86. The Balaban J connectivity index is 2.72. The largest absolute Gasteiger partial charge is 0.424 e. The van der Waals surface area contributed by atoms with Crippen LogP contribution in [0.2, 0.25) is 6.04 Å². The molecular formula is C4H10Cl2OSi. The van der Waals surface area contributed by atoms with E-state index in [0.29, 0.717) is 0 Å². The first-order valence-corrected chi connectivity index (χ1v) is 5.08. The van der Waals surface area contributed by atoms with Crippen molar-refractivity contribution in [2.75, 3.05) is 6.61 Å². The second-order valence-corrected chi connectivity index (χ2v) is 4.05. The normalized spacial score (nSPS) is 12.0. The first kappa shape index (κ1) is 8.76. The lowest BCUT2D eigenvalue weighted by Gasteiger charge is -1.98. The van der Waals surface area contributed by atoms with E-state index in [2.05, 4.69) is 0 Å². The van der Waals surface area contributed by atoms with Gasteiger partial charge in [0.25, 0.3) is 0 Å². The Hall–Kier alpha value is 0.757. The van der Waals surface area contributed by atoms with Gasteiger partial charge in [-0.05, 0) is 13.0 Å². The van der Waals surface area contributed by atoms with Gasteiger partial charge in [0, 0.05) is 6.61 Å². The van der Waals surface area contributed by atoms with Crippen molar-refractivity contribution in [3.63, 3.8) is 0 Å². The summed E-state index contributed by atoms with van der Waals surface area (Å²) in [6, 6.07) is 0.858. The quantitative estimate of drug-likeness (QED) is 0.354. The molecule has 50 valence electrons. The fourth-order valence-corrected chi connectivity index (χ4v) is 1.48. The van der Waals surface area contributed by atoms with E-state index in [0.717, 1.165) is 12.7 Å². The van der Waals surface area contributed by atoms with Crippen LogP contribution < -0.4 is 0 Å². The van der Waals surface area contributed by atoms with Gasteiger partial charge in [-0.1, -0.05) is 0 Å². The first-order valence-electron chi connectivity index (χ1n) is 2.63. The molecule has 0 amide bonds. The summed E-state index contributed by atoms with van der Waals surface area (Å²) in [7, 11) is -0.400. The van der Waals surface area contributed by atoms with E-state index in [9.17, 15) is 0 Å². The Morgan fingerprint density at radius 3 is 2.62 bits per heavy atom. The van der Waals surface area contributed by atoms with Crippen molar-refractivity contribution >= 4 is 33.0 Å². The van der Waals surface area contributed by atoms with Crippen LogP contribution in [0.15, 0.2) is 0 Å². The Bertz CT molecular complexity index is 51.3. The second kappa shape index (κ2) is 5.89. The van der Waals surface area contributed by atoms with Gasteiger partial charge < -0.3 is 4.43 Å². The van der Waals surface area contributed by atoms with Gasteiger partial charge >= 0.3 is 0 Å². The van der Waals surface area contributed by atoms with Gasteiger partial charge in [0.05, 0.1) is 0 Å². The number of hydrogen-bond donors (Lipinski definition) is 0. The summed E-state index contributed by atoms with van der Waals surface area (Å²) in [5.41, 5.74) is 0. The molecule has 0 saturated carbocycles. The second-order valence-electron chi connectivity index (χ2n) is 1.38. The maximum atomic E-state index is 5.43. The Morgan fingerprint density at radius 2 is 2.25 bits per heavy atom. The smallest absolute Gasteiger partial charge is 0.164 e. The summed E-state index contributed by atoms with van der Waals surface area (Å²) in [6.45, 7) is 2.77. The molecule has 0 unspecified atom stereocenters. The molecule has 0 N–H and O–H groups in total. The van der Waals surface area contributed by atoms with Crippen molar-refractivity contribution in [2.24, 2.45) is 0 Å². The number of halogens is 2. The molecule has 0 rings (SSSR count). The van der Waals surface area contributed by atoms with Crippen molar-refractivity contribution in [2.45, 2.75) is 17.8 Å². The van der Waals surface area contributed by atoms with Gasteiger partial charge in [0.15, 0.2) is 9.76 Å². The highest BCUT2D eigenvalue weighted by atomic mass is 35.5. The zero-order chi connectivity index (χ0) is 6.41. The monoisotopic (exact) mass is 172 g/mol. The molecule has 0 aromatic carbocycles. The fraction of sp³-hybridized carbons (Fsp3) is 1.00. The molecule has 0 radical (unpaired) electrons. The first-order chi connectivity index (χ1) is 3.77. The molecule has 4 heteroatoms. The number of hydrogen-bond acceptors (Lipinski definition) is 1. The third-order valence-electron chi connectivity index (χ3n) is 0.685. The molecule has 0 aromatic rings. The van der Waals surface area contributed by atoms with E-state index in [1.165, 1.54) is 0 Å². The van der Waals surface area contributed by atoms with Gasteiger partial charge in [-0.3, -0.25) is 0 Å². The molecule has 0 aliphatic rings. The van der Waals surface area contributed by atoms with Crippen LogP contribution in [-0.2, 0) is 4.43 Å². The molecule has 0 spiro atoms. The van der Waals surface area contributed by atoms with Gasteiger partial charge in [-0.25, -0.2) is 0 Å². The van der Waals surface area contributed by atoms with E-state index in [1.54, 1.807) is 0 Å². The van der Waals surface area contributed by atoms with Crippen molar-refractivity contribution in [1.82, 2.24) is 0 Å². The van der Waals surface area contributed by atoms with E-state index in [-0.39, 0.29) is 4.84 Å². The van der Waals surface area contributed by atoms with Crippen LogP contribution in [0.4, 0.5) is 0 Å². The summed E-state index contributed by atoms with van der Waals surface area (Å²) in [5.74, 6) is 0. The molecule has 8 heavy (non-hydrogen) atoms. The minimum atomic E-state index is -0.400. The SMILES string of the molecule is CCO[SiH2]CC(Cl)Cl. The highest BCUT2D eigenvalue weighted by Gasteiger charge is 1.96. The van der Waals surface area contributed by atoms with Crippen molar-refractivity contribution < 1.29 is 4.43 Å². The molecule has 0 aliphatic carbocycles. The third kappa shape index (κ3) is 6.76. The Labute approximate surface area is 62.3 Å². The van der Waals surface area contributed by atoms with Crippen LogP contribution in [0.25, 0.3) is 0 Å². The molecule has 0 heterocycles. The van der Waals surface area contributed by atoms with Gasteiger partial charge in [-0.15, -0.1) is 23.2 Å². The maximum absolute atomic E-state index is 5.43. The van der Waals surface area contributed by atoms with Crippen LogP contribution >= 0.6 is 23.2 Å². The van der Waals surface area contributed by atoms with Crippen LogP contribution in [-0.4, -0.2) is 21.2 Å². The summed E-state index contributed by atoms with van der Waals surface area (Å²) in [6.07, 6.45) is 0. The lowest BCUT2D eigenvalue weighted by atomic mass is 10.9. The summed E-state index contributed by atoms with van der Waals surface area (Å²) >= 11 is 10.9. The fourth-order valence-electron chi connectivity index (χ4n) is 0.317. The lowest BCUT2D eigenvalue weighted by molar-refractivity contribution is 0.360. The van der Waals surface area contributed by atoms with E-state index in [1.807, 2.05) is 6.92 Å². The molecule has 0 aromatic heterocycles. The van der Waals surface area contributed by atoms with Gasteiger partial charge in [0.2, 0.25) is 0 Å². The molecule has 1 nitrogen and oxygen atoms in total. The minimum Gasteiger partial charge on any atom is -0.424 e. The maximum Gasteiger partial charge on any atom is 0.164 e. The van der Waals surface area contributed by atoms with Crippen molar-refractivity contribution in [3.8, 4) is 0 Å². The van der Waals surface area contributed by atoms with Crippen LogP contribution in [0.5, 0.6) is 0 Å². The average Bonchev–Trinajstić information content (AvgIpc) is 1.66. The minimum absolute atomic E-state index is 0.215. The molecular weight excluding hydrogens is 163 g/mol. The van der Waals surface area contributed by atoms with Crippen LogP contribution in [0.3, 0.4) is 0 Å². The average molecular weight is 173 g/mol. The van der Waals surface area contributed by atoms with E-state index >= 15 is 0 Å². The standard InChI is InChI=1S/C4H10Cl2OSi/c1-2-7-8-3-4(5)6/h4H,2-3,8H2,1H3. The zero-order valence-corrected chi connectivity index (χ0v) is 7.79. The number of alkyl halides is 2. The summed E-state index contributed by atoms with van der Waals surface area (Å²) in [5, 5.41) is 0. The van der Waals surface area contributed by atoms with Crippen molar-refractivity contribution in [1.29, 1.82) is 0 Å². The lowest BCUT2D eigenvalue weighted by Crippen LogP contribution is -2.00. The highest BCUT2D eigenvalue weighted by molar-refractivity contribution is 6.48. The third-order valence-corrected chi connectivity index (χ3v) is 3.36. The van der Waals surface area contributed by atoms with Gasteiger partial charge in [0.1, 0.15) is 4.84 Å². The van der Waals surface area contributed by atoms with Gasteiger partial charge in [-0.2, -0.15) is 0 Å².